The molecule has 0 unspecified atom stereocenters. The summed E-state index contributed by atoms with van der Waals surface area (Å²) in [6.07, 6.45) is 2.10. The number of rotatable bonds is 3. The standard InChI is InChI=1S/C6H15N2/c1-4-7-5-6-8(2)3/h6-7H,4-5H2,1-3H3/q+1. The van der Waals surface area contributed by atoms with Gasteiger partial charge in [0.25, 0.3) is 0 Å². The normalized spacial score (nSPS) is 8.88. The van der Waals surface area contributed by atoms with E-state index in [9.17, 15) is 0 Å². The molecule has 0 spiro atoms. The van der Waals surface area contributed by atoms with Crippen LogP contribution in [0, 0.1) is 0 Å². The largest absolute Gasteiger partial charge is 0.308 e. The molecule has 0 rings (SSSR count). The number of nitrogens with one attached hydrogen (secondary N) is 1. The van der Waals surface area contributed by atoms with Gasteiger partial charge in [0, 0.05) is 0 Å². The van der Waals surface area contributed by atoms with Crippen LogP contribution < -0.4 is 5.32 Å². The second-order valence-corrected chi connectivity index (χ2v) is 1.95. The maximum atomic E-state index is 3.18. The van der Waals surface area contributed by atoms with Crippen LogP contribution in [0.2, 0.25) is 0 Å². The van der Waals surface area contributed by atoms with E-state index in [2.05, 4.69) is 18.5 Å². The molecule has 0 fully saturated rings. The maximum Gasteiger partial charge on any atom is 0.153 e. The highest BCUT2D eigenvalue weighted by Crippen LogP contribution is 1.53. The van der Waals surface area contributed by atoms with Crippen molar-refractivity contribution in [2.45, 2.75) is 6.92 Å². The molecular formula is C6H15N2+. The highest BCUT2D eigenvalue weighted by Gasteiger charge is 1.80. The Kier molecular flexibility index (Phi) is 4.56. The number of nitrogens with zero attached hydrogens (tertiary/aromatic N) is 1. The highest BCUT2D eigenvalue weighted by atomic mass is 14.9. The molecule has 0 aromatic rings. The zero-order valence-electron chi connectivity index (χ0n) is 5.94. The lowest BCUT2D eigenvalue weighted by molar-refractivity contribution is -0.460. The minimum absolute atomic E-state index is 0.976. The Morgan fingerprint density at radius 3 is 2.50 bits per heavy atom. The van der Waals surface area contributed by atoms with Crippen LogP contribution in [0.15, 0.2) is 0 Å². The number of hydrogen-bond acceptors (Lipinski definition) is 1. The van der Waals surface area contributed by atoms with Gasteiger partial charge in [-0.05, 0) is 6.54 Å². The molecule has 8 heavy (non-hydrogen) atoms. The molecule has 2 heteroatoms. The van der Waals surface area contributed by atoms with E-state index in [4.69, 9.17) is 0 Å². The Morgan fingerprint density at radius 2 is 2.12 bits per heavy atom. The van der Waals surface area contributed by atoms with Crippen molar-refractivity contribution in [3.63, 3.8) is 0 Å². The predicted molar refractivity (Wildman–Crippen MR) is 36.7 cm³/mol. The Hall–Kier alpha value is -0.370. The van der Waals surface area contributed by atoms with Crippen LogP contribution in [0.25, 0.3) is 0 Å². The van der Waals surface area contributed by atoms with E-state index in [0.717, 1.165) is 13.1 Å². The fraction of sp³-hybridized carbons (Fsp3) is 0.833. The van der Waals surface area contributed by atoms with Crippen molar-refractivity contribution in [2.75, 3.05) is 27.2 Å². The summed E-state index contributed by atoms with van der Waals surface area (Å²) in [6.45, 7) is 4.12. The van der Waals surface area contributed by atoms with E-state index in [-0.39, 0.29) is 0 Å². The fourth-order valence-corrected chi connectivity index (χ4v) is 0.391. The van der Waals surface area contributed by atoms with Crippen molar-refractivity contribution in [3.8, 4) is 0 Å². The van der Waals surface area contributed by atoms with E-state index >= 15 is 0 Å². The van der Waals surface area contributed by atoms with E-state index < -0.39 is 0 Å². The molecule has 0 aromatic heterocycles. The molecule has 0 aliphatic rings. The summed E-state index contributed by atoms with van der Waals surface area (Å²) in [6, 6.07) is 0. The second kappa shape index (κ2) is 4.78. The van der Waals surface area contributed by atoms with Gasteiger partial charge in [0.2, 0.25) is 0 Å². The summed E-state index contributed by atoms with van der Waals surface area (Å²) in [5.74, 6) is 0. The molecule has 0 saturated carbocycles. The van der Waals surface area contributed by atoms with Gasteiger partial charge in [-0.1, -0.05) is 6.92 Å². The quantitative estimate of drug-likeness (QED) is 0.309. The molecule has 0 aliphatic heterocycles. The van der Waals surface area contributed by atoms with Crippen LogP contribution in [0.4, 0.5) is 0 Å². The summed E-state index contributed by atoms with van der Waals surface area (Å²) in [5, 5.41) is 3.18. The van der Waals surface area contributed by atoms with Crippen LogP contribution >= 0.6 is 0 Å². The van der Waals surface area contributed by atoms with Gasteiger partial charge in [0.15, 0.2) is 6.21 Å². The van der Waals surface area contributed by atoms with Crippen LogP contribution in [-0.4, -0.2) is 38.0 Å². The van der Waals surface area contributed by atoms with E-state index in [0.29, 0.717) is 0 Å². The van der Waals surface area contributed by atoms with E-state index in [1.807, 2.05) is 18.7 Å². The SMILES string of the molecule is CCNCC=[N+](C)C. The minimum atomic E-state index is 0.976. The third-order valence-corrected chi connectivity index (χ3v) is 0.851. The molecule has 2 nitrogen and oxygen atoms in total. The van der Waals surface area contributed by atoms with Crippen molar-refractivity contribution in [3.05, 3.63) is 0 Å². The predicted octanol–water partition coefficient (Wildman–Crippen LogP) is -0.0612. The Labute approximate surface area is 51.2 Å². The molecular weight excluding hydrogens is 100 g/mol. The van der Waals surface area contributed by atoms with Gasteiger partial charge in [-0.25, -0.2) is 4.58 Å². The monoisotopic (exact) mass is 115 g/mol. The molecule has 0 aromatic carbocycles. The molecule has 0 radical (unpaired) electrons. The van der Waals surface area contributed by atoms with Crippen molar-refractivity contribution in [2.24, 2.45) is 0 Å². The molecule has 0 atom stereocenters. The Bertz CT molecular complexity index is 72.6. The lowest BCUT2D eigenvalue weighted by Gasteiger charge is -1.89. The van der Waals surface area contributed by atoms with Crippen LogP contribution in [0.5, 0.6) is 0 Å². The lowest BCUT2D eigenvalue weighted by atomic mass is 10.6. The first-order chi connectivity index (χ1) is 3.77. The summed E-state index contributed by atoms with van der Waals surface area (Å²) < 4.78 is 2.04. The molecule has 48 valence electrons. The van der Waals surface area contributed by atoms with E-state index in [1.165, 1.54) is 0 Å². The maximum absolute atomic E-state index is 3.18. The zero-order chi connectivity index (χ0) is 6.41. The summed E-state index contributed by atoms with van der Waals surface area (Å²) in [7, 11) is 4.05. The van der Waals surface area contributed by atoms with Gasteiger partial charge < -0.3 is 5.32 Å². The lowest BCUT2D eigenvalue weighted by Crippen LogP contribution is -2.18. The molecule has 0 bridgehead atoms. The van der Waals surface area contributed by atoms with Crippen molar-refractivity contribution >= 4 is 6.21 Å². The first kappa shape index (κ1) is 7.63. The van der Waals surface area contributed by atoms with Gasteiger partial charge in [-0.3, -0.25) is 0 Å². The van der Waals surface area contributed by atoms with Gasteiger partial charge in [0.05, 0.1) is 6.54 Å². The zero-order valence-corrected chi connectivity index (χ0v) is 5.94. The average molecular weight is 115 g/mol. The van der Waals surface area contributed by atoms with Crippen molar-refractivity contribution in [1.82, 2.24) is 5.32 Å². The van der Waals surface area contributed by atoms with E-state index in [1.54, 1.807) is 0 Å². The third kappa shape index (κ3) is 5.63. The molecule has 0 saturated heterocycles. The highest BCUT2D eigenvalue weighted by molar-refractivity contribution is 5.53. The minimum Gasteiger partial charge on any atom is -0.308 e. The fourth-order valence-electron chi connectivity index (χ4n) is 0.391. The molecule has 0 heterocycles. The van der Waals surface area contributed by atoms with Crippen LogP contribution in [0.1, 0.15) is 6.92 Å². The van der Waals surface area contributed by atoms with Gasteiger partial charge in [-0.15, -0.1) is 0 Å². The van der Waals surface area contributed by atoms with Gasteiger partial charge in [-0.2, -0.15) is 0 Å². The smallest absolute Gasteiger partial charge is 0.153 e. The summed E-state index contributed by atoms with van der Waals surface area (Å²) >= 11 is 0. The van der Waals surface area contributed by atoms with Crippen molar-refractivity contribution < 1.29 is 4.58 Å². The van der Waals surface area contributed by atoms with Crippen LogP contribution in [-0.2, 0) is 0 Å². The first-order valence-corrected chi connectivity index (χ1v) is 2.98. The third-order valence-electron chi connectivity index (χ3n) is 0.851. The topological polar surface area (TPSA) is 15.0 Å². The molecule has 0 amide bonds. The Balaban J connectivity index is 3.03. The average Bonchev–Trinajstić information content (AvgIpc) is 1.66. The first-order valence-electron chi connectivity index (χ1n) is 2.98. The van der Waals surface area contributed by atoms with Crippen molar-refractivity contribution in [1.29, 1.82) is 0 Å². The molecule has 1 N–H and O–H groups in total. The number of hydrogen-bond donors (Lipinski definition) is 1. The second-order valence-electron chi connectivity index (χ2n) is 1.95. The summed E-state index contributed by atoms with van der Waals surface area (Å²) in [4.78, 5) is 0. The molecule has 0 aliphatic carbocycles. The van der Waals surface area contributed by atoms with Crippen LogP contribution in [0.3, 0.4) is 0 Å². The van der Waals surface area contributed by atoms with Gasteiger partial charge in [0.1, 0.15) is 14.1 Å². The van der Waals surface area contributed by atoms with Gasteiger partial charge >= 0.3 is 0 Å². The Morgan fingerprint density at radius 1 is 1.50 bits per heavy atom. The summed E-state index contributed by atoms with van der Waals surface area (Å²) in [5.41, 5.74) is 0.